The molecule has 0 saturated heterocycles. The number of nitrogens with one attached hydrogen (secondary N) is 1. The van der Waals surface area contributed by atoms with E-state index in [4.69, 9.17) is 4.74 Å². The van der Waals surface area contributed by atoms with Crippen LogP contribution in [0.1, 0.15) is 43.7 Å². The smallest absolute Gasteiger partial charge is 0.151 e. The fraction of sp³-hybridized carbons (Fsp3) is 0.647. The van der Waals surface area contributed by atoms with Gasteiger partial charge in [0.2, 0.25) is 0 Å². The van der Waals surface area contributed by atoms with E-state index in [1.807, 2.05) is 26.0 Å². The zero-order valence-electron chi connectivity index (χ0n) is 13.8. The molecule has 2 atom stereocenters. The molecule has 5 heteroatoms. The number of hydrogen-bond acceptors (Lipinski definition) is 4. The second-order valence-corrected chi connectivity index (χ2v) is 8.44. The van der Waals surface area contributed by atoms with Gasteiger partial charge in [-0.05, 0) is 43.9 Å². The lowest BCUT2D eigenvalue weighted by molar-refractivity contribution is 0.337. The number of sulfone groups is 1. The van der Waals surface area contributed by atoms with Gasteiger partial charge in [0.1, 0.15) is 5.75 Å². The van der Waals surface area contributed by atoms with Gasteiger partial charge < -0.3 is 10.1 Å². The molecule has 1 aromatic rings. The highest BCUT2D eigenvalue weighted by molar-refractivity contribution is 7.91. The Morgan fingerprint density at radius 1 is 1.27 bits per heavy atom. The van der Waals surface area contributed by atoms with Crippen molar-refractivity contribution in [2.24, 2.45) is 0 Å². The number of hydrogen-bond donors (Lipinski definition) is 1. The van der Waals surface area contributed by atoms with Crippen LogP contribution in [0.2, 0.25) is 0 Å². The number of rotatable bonds is 6. The summed E-state index contributed by atoms with van der Waals surface area (Å²) in [7, 11) is -2.98. The first kappa shape index (κ1) is 17.3. The van der Waals surface area contributed by atoms with Gasteiger partial charge in [-0.2, -0.15) is 0 Å². The van der Waals surface area contributed by atoms with E-state index in [-0.39, 0.29) is 11.3 Å². The average molecular weight is 325 g/mol. The number of ether oxygens (including phenoxy) is 1. The summed E-state index contributed by atoms with van der Waals surface area (Å²) in [5, 5.41) is 3.21. The lowest BCUT2D eigenvalue weighted by Gasteiger charge is -2.31. The molecule has 0 heterocycles. The second-order valence-electron chi connectivity index (χ2n) is 6.17. The lowest BCUT2D eigenvalue weighted by atomic mass is 9.94. The van der Waals surface area contributed by atoms with Crippen molar-refractivity contribution >= 4 is 9.84 Å². The van der Waals surface area contributed by atoms with Crippen LogP contribution in [0.3, 0.4) is 0 Å². The molecular formula is C17H27NO3S. The molecule has 0 amide bonds. The molecular weight excluding hydrogens is 298 g/mol. The highest BCUT2D eigenvalue weighted by Crippen LogP contribution is 2.25. The number of aryl methyl sites for hydroxylation is 1. The molecule has 22 heavy (non-hydrogen) atoms. The molecule has 1 saturated carbocycles. The quantitative estimate of drug-likeness (QED) is 0.874. The van der Waals surface area contributed by atoms with Gasteiger partial charge in [-0.1, -0.05) is 25.0 Å². The van der Waals surface area contributed by atoms with E-state index >= 15 is 0 Å². The molecule has 1 aromatic carbocycles. The van der Waals surface area contributed by atoms with E-state index < -0.39 is 9.84 Å². The maximum Gasteiger partial charge on any atom is 0.151 e. The van der Waals surface area contributed by atoms with Crippen molar-refractivity contribution < 1.29 is 13.2 Å². The van der Waals surface area contributed by atoms with Crippen LogP contribution in [0.4, 0.5) is 0 Å². The zero-order chi connectivity index (χ0) is 16.2. The Bertz CT molecular complexity index is 598. The first-order valence-electron chi connectivity index (χ1n) is 8.06. The molecule has 1 N–H and O–H groups in total. The van der Waals surface area contributed by atoms with Crippen LogP contribution in [0.25, 0.3) is 0 Å². The molecule has 0 aliphatic heterocycles. The van der Waals surface area contributed by atoms with Crippen LogP contribution >= 0.6 is 0 Å². The minimum Gasteiger partial charge on any atom is -0.494 e. The van der Waals surface area contributed by atoms with Crippen molar-refractivity contribution in [1.82, 2.24) is 5.32 Å². The largest absolute Gasteiger partial charge is 0.494 e. The molecule has 0 bridgehead atoms. The number of benzene rings is 1. The van der Waals surface area contributed by atoms with Crippen molar-refractivity contribution in [2.75, 3.05) is 12.9 Å². The SMILES string of the molecule is CCOc1ccc(CN[C@@H]2CCCC[C@@H]2S(C)(=O)=O)cc1C. The van der Waals surface area contributed by atoms with Gasteiger partial charge in [0.15, 0.2) is 9.84 Å². The van der Waals surface area contributed by atoms with Crippen molar-refractivity contribution in [2.45, 2.75) is 57.4 Å². The second kappa shape index (κ2) is 7.47. The molecule has 1 fully saturated rings. The Balaban J connectivity index is 2.00. The predicted molar refractivity (Wildman–Crippen MR) is 90.1 cm³/mol. The monoisotopic (exact) mass is 325 g/mol. The molecule has 124 valence electrons. The van der Waals surface area contributed by atoms with Crippen molar-refractivity contribution in [3.63, 3.8) is 0 Å². The van der Waals surface area contributed by atoms with E-state index in [0.717, 1.165) is 37.0 Å². The fourth-order valence-corrected chi connectivity index (χ4v) is 4.65. The van der Waals surface area contributed by atoms with Crippen LogP contribution in [0, 0.1) is 6.92 Å². The minimum atomic E-state index is -2.98. The van der Waals surface area contributed by atoms with Crippen LogP contribution in [-0.2, 0) is 16.4 Å². The maximum absolute atomic E-state index is 11.9. The summed E-state index contributed by atoms with van der Waals surface area (Å²) in [4.78, 5) is 0. The fourth-order valence-electron chi connectivity index (χ4n) is 3.23. The first-order valence-corrected chi connectivity index (χ1v) is 10.0. The Labute approximate surface area is 134 Å². The van der Waals surface area contributed by atoms with Crippen LogP contribution in [-0.4, -0.2) is 32.6 Å². The van der Waals surface area contributed by atoms with E-state index in [9.17, 15) is 8.42 Å². The van der Waals surface area contributed by atoms with E-state index in [1.165, 1.54) is 11.8 Å². The van der Waals surface area contributed by atoms with Gasteiger partial charge in [-0.15, -0.1) is 0 Å². The molecule has 0 unspecified atom stereocenters. The molecule has 1 aliphatic carbocycles. The normalized spacial score (nSPS) is 22.5. The van der Waals surface area contributed by atoms with E-state index in [0.29, 0.717) is 13.2 Å². The van der Waals surface area contributed by atoms with Crippen LogP contribution in [0.15, 0.2) is 18.2 Å². The minimum absolute atomic E-state index is 0.0654. The Kier molecular flexibility index (Phi) is 5.87. The molecule has 1 aliphatic rings. The third-order valence-electron chi connectivity index (χ3n) is 4.36. The highest BCUT2D eigenvalue weighted by Gasteiger charge is 2.32. The summed E-state index contributed by atoms with van der Waals surface area (Å²) in [5.74, 6) is 0.915. The van der Waals surface area contributed by atoms with E-state index in [2.05, 4.69) is 11.4 Å². The van der Waals surface area contributed by atoms with Gasteiger partial charge in [0.05, 0.1) is 11.9 Å². The van der Waals surface area contributed by atoms with Crippen molar-refractivity contribution in [3.8, 4) is 5.75 Å². The molecule has 0 spiro atoms. The van der Waals surface area contributed by atoms with Gasteiger partial charge in [0, 0.05) is 18.8 Å². The average Bonchev–Trinajstić information content (AvgIpc) is 2.47. The van der Waals surface area contributed by atoms with Crippen molar-refractivity contribution in [1.29, 1.82) is 0 Å². The van der Waals surface area contributed by atoms with Gasteiger partial charge in [-0.3, -0.25) is 0 Å². The summed E-state index contributed by atoms with van der Waals surface area (Å²) in [6.45, 7) is 5.37. The maximum atomic E-state index is 11.9. The predicted octanol–water partition coefficient (Wildman–Crippen LogP) is 2.84. The third-order valence-corrected chi connectivity index (χ3v) is 6.02. The highest BCUT2D eigenvalue weighted by atomic mass is 32.2. The molecule has 2 rings (SSSR count). The zero-order valence-corrected chi connectivity index (χ0v) is 14.6. The molecule has 4 nitrogen and oxygen atoms in total. The lowest BCUT2D eigenvalue weighted by Crippen LogP contribution is -2.45. The Hall–Kier alpha value is -1.07. The molecule has 0 aromatic heterocycles. The third kappa shape index (κ3) is 4.46. The Morgan fingerprint density at radius 3 is 2.64 bits per heavy atom. The summed E-state index contributed by atoms with van der Waals surface area (Å²) in [6.07, 6.45) is 5.19. The van der Waals surface area contributed by atoms with Crippen LogP contribution in [0.5, 0.6) is 5.75 Å². The summed E-state index contributed by atoms with van der Waals surface area (Å²) in [6, 6.07) is 6.21. The van der Waals surface area contributed by atoms with E-state index in [1.54, 1.807) is 0 Å². The summed E-state index contributed by atoms with van der Waals surface area (Å²) in [5.41, 5.74) is 2.28. The standard InChI is InChI=1S/C17H27NO3S/c1-4-21-16-10-9-14(11-13(16)2)12-18-15-7-5-6-8-17(15)22(3,19)20/h9-11,15,17-18H,4-8,12H2,1-3H3/t15-,17+/m1/s1. The van der Waals surface area contributed by atoms with Gasteiger partial charge >= 0.3 is 0 Å². The van der Waals surface area contributed by atoms with Gasteiger partial charge in [-0.25, -0.2) is 8.42 Å². The van der Waals surface area contributed by atoms with Crippen molar-refractivity contribution in [3.05, 3.63) is 29.3 Å². The van der Waals surface area contributed by atoms with Crippen LogP contribution < -0.4 is 10.1 Å². The summed E-state index contributed by atoms with van der Waals surface area (Å²) >= 11 is 0. The summed E-state index contributed by atoms with van der Waals surface area (Å²) < 4.78 is 29.4. The molecule has 0 radical (unpaired) electrons. The topological polar surface area (TPSA) is 55.4 Å². The van der Waals surface area contributed by atoms with Gasteiger partial charge in [0.25, 0.3) is 0 Å². The first-order chi connectivity index (χ1) is 10.4. The Morgan fingerprint density at radius 2 is 2.00 bits per heavy atom.